The maximum atomic E-state index is 13.7. The average molecular weight is 326 g/mol. The number of hydrogen-bond donors (Lipinski definition) is 2. The van der Waals surface area contributed by atoms with Crippen LogP contribution < -0.4 is 10.5 Å². The van der Waals surface area contributed by atoms with Crippen LogP contribution in [0.4, 0.5) is 14.5 Å². The first-order chi connectivity index (χ1) is 9.15. The summed E-state index contributed by atoms with van der Waals surface area (Å²) < 4.78 is 63.8. The molecule has 5 nitrogen and oxygen atoms in total. The molecular weight excluding hydrogens is 310 g/mol. The molecule has 114 valence electrons. The first kappa shape index (κ1) is 17.0. The maximum absolute atomic E-state index is 13.7. The highest BCUT2D eigenvalue weighted by atomic mass is 32.2. The first-order valence-electron chi connectivity index (χ1n) is 5.71. The third-order valence-electron chi connectivity index (χ3n) is 2.58. The van der Waals surface area contributed by atoms with Gasteiger partial charge < -0.3 is 5.73 Å². The van der Waals surface area contributed by atoms with E-state index in [1.165, 1.54) is 6.26 Å². The molecule has 3 N–H and O–H groups in total. The van der Waals surface area contributed by atoms with Gasteiger partial charge in [0.15, 0.2) is 5.82 Å². The number of hydrogen-bond acceptors (Lipinski definition) is 4. The second kappa shape index (κ2) is 6.59. The van der Waals surface area contributed by atoms with Crippen LogP contribution in [0.1, 0.15) is 13.3 Å². The first-order valence-corrected chi connectivity index (χ1v) is 8.92. The number of nitrogens with one attached hydrogen (secondary N) is 1. The van der Waals surface area contributed by atoms with Gasteiger partial charge in [-0.05, 0) is 25.5 Å². The van der Waals surface area contributed by atoms with Crippen molar-refractivity contribution >= 4 is 26.5 Å². The molecular formula is C11H16F2N2O3S2. The highest BCUT2D eigenvalue weighted by molar-refractivity contribution is 7.89. The summed E-state index contributed by atoms with van der Waals surface area (Å²) in [5.41, 5.74) is 4.29. The van der Waals surface area contributed by atoms with Crippen molar-refractivity contribution in [1.29, 1.82) is 0 Å². The Morgan fingerprint density at radius 3 is 2.55 bits per heavy atom. The van der Waals surface area contributed by atoms with Crippen molar-refractivity contribution in [3.05, 3.63) is 23.8 Å². The fourth-order valence-corrected chi connectivity index (χ4v) is 3.54. The standard InChI is InChI=1S/C11H16F2N2O3S2/c1-7(5-6-19(2)16)15-20(17,18)9-4-3-8(12)11(14)10(9)13/h3-4,7,15H,5-6,14H2,1-2H3. The van der Waals surface area contributed by atoms with Gasteiger partial charge in [-0.15, -0.1) is 0 Å². The quantitative estimate of drug-likeness (QED) is 0.763. The van der Waals surface area contributed by atoms with E-state index in [0.29, 0.717) is 12.2 Å². The molecule has 0 aliphatic rings. The van der Waals surface area contributed by atoms with Crippen molar-refractivity contribution in [1.82, 2.24) is 4.72 Å². The molecule has 0 aromatic heterocycles. The summed E-state index contributed by atoms with van der Waals surface area (Å²) in [6, 6.07) is 1.07. The average Bonchev–Trinajstić information content (AvgIpc) is 2.32. The minimum atomic E-state index is -4.15. The molecule has 0 spiro atoms. The fourth-order valence-electron chi connectivity index (χ4n) is 1.49. The second-order valence-corrected chi connectivity index (χ2v) is 7.60. The minimum Gasteiger partial charge on any atom is -0.394 e. The zero-order valence-corrected chi connectivity index (χ0v) is 12.7. The Morgan fingerprint density at radius 1 is 1.40 bits per heavy atom. The van der Waals surface area contributed by atoms with E-state index in [4.69, 9.17) is 5.73 Å². The molecule has 0 radical (unpaired) electrons. The smallest absolute Gasteiger partial charge is 0.243 e. The normalized spacial score (nSPS) is 15.0. The molecule has 0 heterocycles. The largest absolute Gasteiger partial charge is 0.394 e. The number of anilines is 1. The van der Waals surface area contributed by atoms with Gasteiger partial charge >= 0.3 is 0 Å². The molecule has 0 aliphatic carbocycles. The molecule has 1 aromatic rings. The highest BCUT2D eigenvalue weighted by Crippen LogP contribution is 2.22. The number of sulfonamides is 1. The number of nitrogen functional groups attached to an aromatic ring is 1. The molecule has 1 aromatic carbocycles. The molecule has 2 unspecified atom stereocenters. The third kappa shape index (κ3) is 4.22. The predicted molar refractivity (Wildman–Crippen MR) is 74.1 cm³/mol. The van der Waals surface area contributed by atoms with Gasteiger partial charge in [0.25, 0.3) is 0 Å². The van der Waals surface area contributed by atoms with E-state index in [2.05, 4.69) is 4.72 Å². The van der Waals surface area contributed by atoms with Crippen LogP contribution in [0.25, 0.3) is 0 Å². The Hall–Kier alpha value is -1.06. The monoisotopic (exact) mass is 326 g/mol. The van der Waals surface area contributed by atoms with Gasteiger partial charge in [-0.1, -0.05) is 0 Å². The van der Waals surface area contributed by atoms with E-state index in [1.807, 2.05) is 0 Å². The number of benzene rings is 1. The van der Waals surface area contributed by atoms with Gasteiger partial charge in [-0.3, -0.25) is 4.21 Å². The summed E-state index contributed by atoms with van der Waals surface area (Å²) in [5, 5.41) is 0. The van der Waals surface area contributed by atoms with E-state index in [1.54, 1.807) is 6.92 Å². The Labute approximate surface area is 119 Å². The Kier molecular flexibility index (Phi) is 5.60. The summed E-state index contributed by atoms with van der Waals surface area (Å²) in [6.07, 6.45) is 1.84. The summed E-state index contributed by atoms with van der Waals surface area (Å²) >= 11 is 0. The second-order valence-electron chi connectivity index (χ2n) is 4.36. The molecule has 9 heteroatoms. The van der Waals surface area contributed by atoms with Gasteiger partial charge in [0, 0.05) is 28.9 Å². The molecule has 1 rings (SSSR count). The number of nitrogens with two attached hydrogens (primary N) is 1. The summed E-state index contributed by atoms with van der Waals surface area (Å²) in [4.78, 5) is -0.708. The van der Waals surface area contributed by atoms with E-state index in [9.17, 15) is 21.4 Å². The van der Waals surface area contributed by atoms with Crippen LogP contribution in [0, 0.1) is 11.6 Å². The molecule has 0 aliphatic heterocycles. The van der Waals surface area contributed by atoms with E-state index in [-0.39, 0.29) is 0 Å². The summed E-state index contributed by atoms with van der Waals surface area (Å²) in [6.45, 7) is 1.56. The van der Waals surface area contributed by atoms with Crippen LogP contribution in [0.2, 0.25) is 0 Å². The lowest BCUT2D eigenvalue weighted by molar-refractivity contribution is 0.534. The van der Waals surface area contributed by atoms with Crippen LogP contribution in [0.3, 0.4) is 0 Å². The van der Waals surface area contributed by atoms with Crippen molar-refractivity contribution in [3.63, 3.8) is 0 Å². The maximum Gasteiger partial charge on any atom is 0.243 e. The van der Waals surface area contributed by atoms with Crippen LogP contribution in [0.15, 0.2) is 17.0 Å². The number of halogens is 2. The van der Waals surface area contributed by atoms with Gasteiger partial charge in [0.2, 0.25) is 10.0 Å². The van der Waals surface area contributed by atoms with Gasteiger partial charge in [0.1, 0.15) is 16.4 Å². The molecule has 0 saturated heterocycles. The van der Waals surface area contributed by atoms with E-state index in [0.717, 1.165) is 12.1 Å². The summed E-state index contributed by atoms with van der Waals surface area (Å²) in [7, 11) is -5.20. The van der Waals surface area contributed by atoms with Gasteiger partial charge in [-0.2, -0.15) is 0 Å². The third-order valence-corrected chi connectivity index (χ3v) is 4.99. The SMILES string of the molecule is CC(CCS(C)=O)NS(=O)(=O)c1ccc(F)c(N)c1F. The van der Waals surface area contributed by atoms with E-state index >= 15 is 0 Å². The lowest BCUT2D eigenvalue weighted by Crippen LogP contribution is -2.34. The topological polar surface area (TPSA) is 89.3 Å². The van der Waals surface area contributed by atoms with Crippen molar-refractivity contribution in [2.24, 2.45) is 0 Å². The highest BCUT2D eigenvalue weighted by Gasteiger charge is 2.24. The van der Waals surface area contributed by atoms with Crippen molar-refractivity contribution < 1.29 is 21.4 Å². The minimum absolute atomic E-state index is 0.317. The molecule has 0 fully saturated rings. The fraction of sp³-hybridized carbons (Fsp3) is 0.455. The van der Waals surface area contributed by atoms with Crippen LogP contribution in [-0.2, 0) is 20.8 Å². The zero-order chi connectivity index (χ0) is 15.5. The van der Waals surface area contributed by atoms with Crippen molar-refractivity contribution in [3.8, 4) is 0 Å². The Bertz CT molecular complexity index is 620. The number of rotatable bonds is 6. The van der Waals surface area contributed by atoms with Gasteiger partial charge in [-0.25, -0.2) is 21.9 Å². The van der Waals surface area contributed by atoms with Crippen molar-refractivity contribution in [2.45, 2.75) is 24.3 Å². The van der Waals surface area contributed by atoms with Crippen LogP contribution in [-0.4, -0.2) is 30.7 Å². The Balaban J connectivity index is 2.95. The molecule has 2 atom stereocenters. The predicted octanol–water partition coefficient (Wildman–Crippen LogP) is 0.982. The molecule has 0 amide bonds. The summed E-state index contributed by atoms with van der Waals surface area (Å²) in [5.74, 6) is -2.02. The molecule has 0 saturated carbocycles. The van der Waals surface area contributed by atoms with Crippen LogP contribution >= 0.6 is 0 Å². The van der Waals surface area contributed by atoms with Crippen LogP contribution in [0.5, 0.6) is 0 Å². The van der Waals surface area contributed by atoms with Gasteiger partial charge in [0.05, 0.1) is 0 Å². The van der Waals surface area contributed by atoms with Crippen molar-refractivity contribution in [2.75, 3.05) is 17.7 Å². The van der Waals surface area contributed by atoms with E-state index < -0.39 is 49.1 Å². The molecule has 0 bridgehead atoms. The lowest BCUT2D eigenvalue weighted by Gasteiger charge is -2.14. The molecule has 20 heavy (non-hydrogen) atoms. The lowest BCUT2D eigenvalue weighted by atomic mass is 10.3. The zero-order valence-electron chi connectivity index (χ0n) is 11.0. The Morgan fingerprint density at radius 2 is 2.00 bits per heavy atom.